The molecule has 0 fully saturated rings. The molecule has 2 N–H and O–H groups in total. The normalized spacial score (nSPS) is 10.8. The average Bonchev–Trinajstić information content (AvgIpc) is 2.44. The molecule has 0 radical (unpaired) electrons. The van der Waals surface area contributed by atoms with Crippen molar-refractivity contribution in [3.63, 3.8) is 0 Å². The lowest BCUT2D eigenvalue weighted by Crippen LogP contribution is -2.24. The SMILES string of the molecule is CCNc1ccc(CN(CC)CCCO)cc1[N+](=O)[O-]. The summed E-state index contributed by atoms with van der Waals surface area (Å²) in [6, 6.07) is 5.29. The lowest BCUT2D eigenvalue weighted by molar-refractivity contribution is -0.384. The maximum atomic E-state index is 11.1. The number of hydrogen-bond acceptors (Lipinski definition) is 5. The molecule has 6 nitrogen and oxygen atoms in total. The van der Waals surface area contributed by atoms with E-state index >= 15 is 0 Å². The van der Waals surface area contributed by atoms with E-state index in [1.54, 1.807) is 12.1 Å². The van der Waals surface area contributed by atoms with Gasteiger partial charge in [-0.05, 0) is 31.5 Å². The number of nitro benzene ring substituents is 1. The molecule has 0 aliphatic rings. The van der Waals surface area contributed by atoms with Crippen molar-refractivity contribution >= 4 is 11.4 Å². The Morgan fingerprint density at radius 3 is 2.70 bits per heavy atom. The van der Waals surface area contributed by atoms with Crippen LogP contribution in [-0.2, 0) is 6.54 Å². The molecular formula is C14H23N3O3. The minimum atomic E-state index is -0.356. The summed E-state index contributed by atoms with van der Waals surface area (Å²) < 4.78 is 0. The highest BCUT2D eigenvalue weighted by atomic mass is 16.6. The summed E-state index contributed by atoms with van der Waals surface area (Å²) in [5.41, 5.74) is 1.58. The van der Waals surface area contributed by atoms with Crippen LogP contribution in [0.25, 0.3) is 0 Å². The molecule has 0 aliphatic heterocycles. The summed E-state index contributed by atoms with van der Waals surface area (Å²) in [5.74, 6) is 0. The number of hydrogen-bond donors (Lipinski definition) is 2. The Balaban J connectivity index is 2.85. The largest absolute Gasteiger partial charge is 0.396 e. The van der Waals surface area contributed by atoms with Crippen LogP contribution in [0.2, 0.25) is 0 Å². The van der Waals surface area contributed by atoms with Crippen LogP contribution < -0.4 is 5.32 Å². The Hall–Kier alpha value is -1.66. The smallest absolute Gasteiger partial charge is 0.292 e. The zero-order valence-electron chi connectivity index (χ0n) is 12.1. The van der Waals surface area contributed by atoms with E-state index in [2.05, 4.69) is 10.2 Å². The van der Waals surface area contributed by atoms with Crippen LogP contribution in [0.5, 0.6) is 0 Å². The highest BCUT2D eigenvalue weighted by molar-refractivity contribution is 5.62. The van der Waals surface area contributed by atoms with Crippen molar-refractivity contribution in [1.82, 2.24) is 4.90 Å². The quantitative estimate of drug-likeness (QED) is 0.536. The second kappa shape index (κ2) is 8.50. The first-order valence-electron chi connectivity index (χ1n) is 6.96. The van der Waals surface area contributed by atoms with Gasteiger partial charge < -0.3 is 10.4 Å². The topological polar surface area (TPSA) is 78.6 Å². The van der Waals surface area contributed by atoms with Crippen LogP contribution in [0.3, 0.4) is 0 Å². The second-order valence-electron chi connectivity index (χ2n) is 4.58. The Labute approximate surface area is 119 Å². The van der Waals surface area contributed by atoms with Gasteiger partial charge in [0.25, 0.3) is 5.69 Å². The van der Waals surface area contributed by atoms with Gasteiger partial charge in [0.1, 0.15) is 5.69 Å². The highest BCUT2D eigenvalue weighted by Gasteiger charge is 2.15. The summed E-state index contributed by atoms with van der Waals surface area (Å²) in [6.07, 6.45) is 0.714. The summed E-state index contributed by atoms with van der Waals surface area (Å²) in [4.78, 5) is 12.9. The minimum absolute atomic E-state index is 0.113. The fourth-order valence-corrected chi connectivity index (χ4v) is 2.07. The van der Waals surface area contributed by atoms with Gasteiger partial charge in [0, 0.05) is 32.3 Å². The molecule has 0 aliphatic carbocycles. The van der Waals surface area contributed by atoms with Gasteiger partial charge >= 0.3 is 0 Å². The fourth-order valence-electron chi connectivity index (χ4n) is 2.07. The molecule has 6 heteroatoms. The molecule has 0 amide bonds. The summed E-state index contributed by atoms with van der Waals surface area (Å²) in [5, 5.41) is 23.0. The molecule has 1 rings (SSSR count). The van der Waals surface area contributed by atoms with Gasteiger partial charge in [0.15, 0.2) is 0 Å². The first-order chi connectivity index (χ1) is 9.62. The van der Waals surface area contributed by atoms with Crippen molar-refractivity contribution in [1.29, 1.82) is 0 Å². The maximum absolute atomic E-state index is 11.1. The van der Waals surface area contributed by atoms with Crippen LogP contribution in [0.4, 0.5) is 11.4 Å². The van der Waals surface area contributed by atoms with Gasteiger partial charge in [0.2, 0.25) is 0 Å². The number of nitrogens with zero attached hydrogens (tertiary/aromatic N) is 2. The van der Waals surface area contributed by atoms with Gasteiger partial charge in [-0.2, -0.15) is 0 Å². The van der Waals surface area contributed by atoms with E-state index in [-0.39, 0.29) is 17.2 Å². The van der Waals surface area contributed by atoms with Gasteiger partial charge in [-0.1, -0.05) is 13.0 Å². The van der Waals surface area contributed by atoms with Crippen LogP contribution in [0.15, 0.2) is 18.2 Å². The first kappa shape index (κ1) is 16.4. The average molecular weight is 281 g/mol. The number of aliphatic hydroxyl groups is 1. The maximum Gasteiger partial charge on any atom is 0.292 e. The van der Waals surface area contributed by atoms with Gasteiger partial charge in [-0.3, -0.25) is 15.0 Å². The van der Waals surface area contributed by atoms with Crippen LogP contribution in [0, 0.1) is 10.1 Å². The van der Waals surface area contributed by atoms with Crippen molar-refractivity contribution in [2.24, 2.45) is 0 Å². The number of aliphatic hydroxyl groups excluding tert-OH is 1. The predicted octanol–water partition coefficient (Wildman–Crippen LogP) is 2.23. The number of nitrogens with one attached hydrogen (secondary N) is 1. The summed E-state index contributed by atoms with van der Waals surface area (Å²) in [7, 11) is 0. The van der Waals surface area contributed by atoms with Gasteiger partial charge in [0.05, 0.1) is 4.92 Å². The van der Waals surface area contributed by atoms with Gasteiger partial charge in [-0.25, -0.2) is 0 Å². The number of rotatable bonds is 9. The molecule has 0 spiro atoms. The number of nitro groups is 1. The third-order valence-electron chi connectivity index (χ3n) is 3.11. The lowest BCUT2D eigenvalue weighted by atomic mass is 10.1. The summed E-state index contributed by atoms with van der Waals surface area (Å²) in [6.45, 7) is 7.06. The second-order valence-corrected chi connectivity index (χ2v) is 4.58. The minimum Gasteiger partial charge on any atom is -0.396 e. The van der Waals surface area contributed by atoms with Crippen molar-refractivity contribution in [2.75, 3.05) is 31.6 Å². The third kappa shape index (κ3) is 4.79. The molecule has 20 heavy (non-hydrogen) atoms. The zero-order chi connectivity index (χ0) is 15.0. The van der Waals surface area contributed by atoms with Crippen molar-refractivity contribution in [2.45, 2.75) is 26.8 Å². The Morgan fingerprint density at radius 2 is 2.15 bits per heavy atom. The molecule has 0 aromatic heterocycles. The molecule has 0 heterocycles. The van der Waals surface area contributed by atoms with E-state index < -0.39 is 0 Å². The standard InChI is InChI=1S/C14H23N3O3/c1-3-15-13-7-6-12(10-14(13)17(19)20)11-16(4-2)8-5-9-18/h6-7,10,15,18H,3-5,8-9,11H2,1-2H3. The van der Waals surface area contributed by atoms with Crippen molar-refractivity contribution in [3.05, 3.63) is 33.9 Å². The summed E-state index contributed by atoms with van der Waals surface area (Å²) >= 11 is 0. The van der Waals surface area contributed by atoms with E-state index in [1.165, 1.54) is 0 Å². The molecular weight excluding hydrogens is 258 g/mol. The molecule has 0 atom stereocenters. The van der Waals surface area contributed by atoms with Crippen LogP contribution in [0.1, 0.15) is 25.8 Å². The van der Waals surface area contributed by atoms with Crippen molar-refractivity contribution in [3.8, 4) is 0 Å². The van der Waals surface area contributed by atoms with E-state index in [0.29, 0.717) is 25.2 Å². The molecule has 0 bridgehead atoms. The van der Waals surface area contributed by atoms with E-state index in [9.17, 15) is 10.1 Å². The molecule has 0 saturated carbocycles. The van der Waals surface area contributed by atoms with Gasteiger partial charge in [-0.15, -0.1) is 0 Å². The van der Waals surface area contributed by atoms with Crippen molar-refractivity contribution < 1.29 is 10.0 Å². The Bertz CT molecular complexity index is 438. The van der Waals surface area contributed by atoms with Crippen LogP contribution >= 0.6 is 0 Å². The zero-order valence-corrected chi connectivity index (χ0v) is 12.1. The molecule has 0 unspecified atom stereocenters. The number of benzene rings is 1. The number of anilines is 1. The molecule has 112 valence electrons. The first-order valence-corrected chi connectivity index (χ1v) is 6.96. The fraction of sp³-hybridized carbons (Fsp3) is 0.571. The van der Waals surface area contributed by atoms with E-state index in [1.807, 2.05) is 19.9 Å². The molecule has 1 aromatic carbocycles. The third-order valence-corrected chi connectivity index (χ3v) is 3.11. The monoisotopic (exact) mass is 281 g/mol. The molecule has 0 saturated heterocycles. The molecule has 1 aromatic rings. The highest BCUT2D eigenvalue weighted by Crippen LogP contribution is 2.26. The Kier molecular flexibility index (Phi) is 6.97. The predicted molar refractivity (Wildman–Crippen MR) is 79.9 cm³/mol. The van der Waals surface area contributed by atoms with E-state index in [0.717, 1.165) is 18.7 Å². The van der Waals surface area contributed by atoms with E-state index in [4.69, 9.17) is 5.11 Å². The lowest BCUT2D eigenvalue weighted by Gasteiger charge is -2.20. The van der Waals surface area contributed by atoms with Crippen LogP contribution in [-0.4, -0.2) is 41.2 Å². The Morgan fingerprint density at radius 1 is 1.40 bits per heavy atom.